The van der Waals surface area contributed by atoms with E-state index in [4.69, 9.17) is 5.11 Å². The maximum atomic E-state index is 11.4. The SMILES string of the molecule is O=C(Nc1ccc(O)c(C(=O)O)c1)NC1CC1. The molecule has 6 nitrogen and oxygen atoms in total. The third kappa shape index (κ3) is 2.87. The number of aromatic carboxylic acids is 1. The summed E-state index contributed by atoms with van der Waals surface area (Å²) in [5.74, 6) is -1.57. The molecule has 0 aliphatic heterocycles. The number of benzene rings is 1. The van der Waals surface area contributed by atoms with Crippen LogP contribution in [0.4, 0.5) is 10.5 Å². The summed E-state index contributed by atoms with van der Waals surface area (Å²) in [4.78, 5) is 22.2. The van der Waals surface area contributed by atoms with Crippen LogP contribution < -0.4 is 10.6 Å². The molecule has 0 aromatic heterocycles. The van der Waals surface area contributed by atoms with Crippen LogP contribution in [0.15, 0.2) is 18.2 Å². The van der Waals surface area contributed by atoms with E-state index in [1.165, 1.54) is 18.2 Å². The van der Waals surface area contributed by atoms with Crippen molar-refractivity contribution < 1.29 is 19.8 Å². The van der Waals surface area contributed by atoms with Crippen molar-refractivity contribution in [2.24, 2.45) is 0 Å². The minimum absolute atomic E-state index is 0.228. The summed E-state index contributed by atoms with van der Waals surface area (Å²) in [6.07, 6.45) is 1.95. The Balaban J connectivity index is 2.07. The first-order valence-corrected chi connectivity index (χ1v) is 5.20. The van der Waals surface area contributed by atoms with E-state index in [1.54, 1.807) is 0 Å². The number of anilines is 1. The Morgan fingerprint density at radius 2 is 2.00 bits per heavy atom. The molecule has 0 heterocycles. The molecule has 6 heteroatoms. The fourth-order valence-electron chi connectivity index (χ4n) is 1.37. The first-order valence-electron chi connectivity index (χ1n) is 5.20. The van der Waals surface area contributed by atoms with Gasteiger partial charge in [0.2, 0.25) is 0 Å². The van der Waals surface area contributed by atoms with Crippen LogP contribution in [0, 0.1) is 0 Å². The number of carbonyl (C=O) groups excluding carboxylic acids is 1. The topological polar surface area (TPSA) is 98.7 Å². The highest BCUT2D eigenvalue weighted by molar-refractivity contribution is 5.95. The Hall–Kier alpha value is -2.24. The summed E-state index contributed by atoms with van der Waals surface area (Å²) >= 11 is 0. The van der Waals surface area contributed by atoms with E-state index >= 15 is 0 Å². The lowest BCUT2D eigenvalue weighted by Gasteiger charge is -2.07. The highest BCUT2D eigenvalue weighted by atomic mass is 16.4. The zero-order chi connectivity index (χ0) is 12.4. The molecule has 0 radical (unpaired) electrons. The van der Waals surface area contributed by atoms with Gasteiger partial charge in [-0.3, -0.25) is 0 Å². The van der Waals surface area contributed by atoms with Gasteiger partial charge in [-0.15, -0.1) is 0 Å². The molecule has 1 aromatic rings. The van der Waals surface area contributed by atoms with Crippen molar-refractivity contribution in [2.45, 2.75) is 18.9 Å². The maximum Gasteiger partial charge on any atom is 0.339 e. The van der Waals surface area contributed by atoms with Crippen molar-refractivity contribution in [3.8, 4) is 5.75 Å². The third-order valence-electron chi connectivity index (χ3n) is 2.40. The molecular weight excluding hydrogens is 224 g/mol. The van der Waals surface area contributed by atoms with E-state index in [-0.39, 0.29) is 23.4 Å². The van der Waals surface area contributed by atoms with Gasteiger partial charge in [0, 0.05) is 11.7 Å². The van der Waals surface area contributed by atoms with Crippen LogP contribution in [0.25, 0.3) is 0 Å². The molecule has 1 saturated carbocycles. The minimum atomic E-state index is -1.24. The molecule has 2 amide bonds. The summed E-state index contributed by atoms with van der Waals surface area (Å²) in [7, 11) is 0. The number of carbonyl (C=O) groups is 2. The highest BCUT2D eigenvalue weighted by Crippen LogP contribution is 2.22. The van der Waals surface area contributed by atoms with Crippen molar-refractivity contribution in [1.29, 1.82) is 0 Å². The van der Waals surface area contributed by atoms with Crippen molar-refractivity contribution in [1.82, 2.24) is 5.32 Å². The second kappa shape index (κ2) is 4.32. The lowest BCUT2D eigenvalue weighted by atomic mass is 10.2. The molecule has 1 aliphatic rings. The van der Waals surface area contributed by atoms with E-state index in [0.717, 1.165) is 12.8 Å². The molecule has 1 aliphatic carbocycles. The van der Waals surface area contributed by atoms with Gasteiger partial charge < -0.3 is 20.8 Å². The largest absolute Gasteiger partial charge is 0.507 e. The van der Waals surface area contributed by atoms with Gasteiger partial charge in [0.15, 0.2) is 0 Å². The van der Waals surface area contributed by atoms with E-state index in [9.17, 15) is 14.7 Å². The molecule has 0 spiro atoms. The van der Waals surface area contributed by atoms with Crippen LogP contribution in [0.1, 0.15) is 23.2 Å². The lowest BCUT2D eigenvalue weighted by Crippen LogP contribution is -2.30. The molecule has 4 N–H and O–H groups in total. The number of hydrogen-bond acceptors (Lipinski definition) is 3. The summed E-state index contributed by atoms with van der Waals surface area (Å²) in [6, 6.07) is 3.75. The maximum absolute atomic E-state index is 11.4. The summed E-state index contributed by atoms with van der Waals surface area (Å²) in [5, 5.41) is 23.3. The summed E-state index contributed by atoms with van der Waals surface area (Å²) in [5.41, 5.74) is 0.0903. The van der Waals surface area contributed by atoms with Gasteiger partial charge in [0.1, 0.15) is 11.3 Å². The van der Waals surface area contributed by atoms with Gasteiger partial charge in [0.05, 0.1) is 0 Å². The normalized spacial score (nSPS) is 14.1. The Kier molecular flexibility index (Phi) is 2.86. The summed E-state index contributed by atoms with van der Waals surface area (Å²) in [6.45, 7) is 0. The minimum Gasteiger partial charge on any atom is -0.507 e. The van der Waals surface area contributed by atoms with Gasteiger partial charge in [0.25, 0.3) is 0 Å². The second-order valence-electron chi connectivity index (χ2n) is 3.91. The first-order chi connectivity index (χ1) is 8.06. The molecule has 0 saturated heterocycles. The highest BCUT2D eigenvalue weighted by Gasteiger charge is 2.23. The van der Waals surface area contributed by atoms with Crippen LogP contribution in [0.3, 0.4) is 0 Å². The van der Waals surface area contributed by atoms with Crippen molar-refractivity contribution in [2.75, 3.05) is 5.32 Å². The molecule has 17 heavy (non-hydrogen) atoms. The summed E-state index contributed by atoms with van der Waals surface area (Å²) < 4.78 is 0. The standard InChI is InChI=1S/C11H12N2O4/c14-9-4-3-7(5-8(9)10(15)16)13-11(17)12-6-1-2-6/h3-6,14H,1-2H2,(H,15,16)(H2,12,13,17). The average molecular weight is 236 g/mol. The molecule has 1 aromatic carbocycles. The number of urea groups is 1. The van der Waals surface area contributed by atoms with Crippen LogP contribution in [0.5, 0.6) is 5.75 Å². The second-order valence-corrected chi connectivity index (χ2v) is 3.91. The zero-order valence-electron chi connectivity index (χ0n) is 8.93. The number of phenols is 1. The third-order valence-corrected chi connectivity index (χ3v) is 2.40. The van der Waals surface area contributed by atoms with Gasteiger partial charge in [-0.1, -0.05) is 0 Å². The fraction of sp³-hybridized carbons (Fsp3) is 0.273. The van der Waals surface area contributed by atoms with Gasteiger partial charge >= 0.3 is 12.0 Å². The monoisotopic (exact) mass is 236 g/mol. The van der Waals surface area contributed by atoms with Crippen molar-refractivity contribution >= 4 is 17.7 Å². The Bertz CT molecular complexity index is 469. The van der Waals surface area contributed by atoms with E-state index in [2.05, 4.69) is 10.6 Å². The number of rotatable bonds is 3. The average Bonchev–Trinajstić information content (AvgIpc) is 3.04. The molecule has 0 unspecified atom stereocenters. The number of hydrogen-bond donors (Lipinski definition) is 4. The lowest BCUT2D eigenvalue weighted by molar-refractivity contribution is 0.0693. The smallest absolute Gasteiger partial charge is 0.339 e. The first kappa shape index (κ1) is 11.3. The number of carboxylic acids is 1. The fourth-order valence-corrected chi connectivity index (χ4v) is 1.37. The molecule has 1 fully saturated rings. The molecule has 0 atom stereocenters. The number of carboxylic acid groups (broad SMARTS) is 1. The van der Waals surface area contributed by atoms with E-state index in [0.29, 0.717) is 5.69 Å². The van der Waals surface area contributed by atoms with E-state index < -0.39 is 5.97 Å². The molecular formula is C11H12N2O4. The molecule has 2 rings (SSSR count). The Morgan fingerprint density at radius 1 is 1.29 bits per heavy atom. The van der Waals surface area contributed by atoms with Crippen LogP contribution in [0.2, 0.25) is 0 Å². The van der Waals surface area contributed by atoms with Crippen LogP contribution in [-0.2, 0) is 0 Å². The van der Waals surface area contributed by atoms with E-state index in [1.807, 2.05) is 0 Å². The van der Waals surface area contributed by atoms with Crippen LogP contribution in [-0.4, -0.2) is 28.3 Å². The molecule has 0 bridgehead atoms. The van der Waals surface area contributed by atoms with Gasteiger partial charge in [-0.05, 0) is 31.0 Å². The number of amides is 2. The predicted molar refractivity (Wildman–Crippen MR) is 60.2 cm³/mol. The van der Waals surface area contributed by atoms with Crippen molar-refractivity contribution in [3.63, 3.8) is 0 Å². The van der Waals surface area contributed by atoms with Gasteiger partial charge in [-0.2, -0.15) is 0 Å². The Labute approximate surface area is 97.3 Å². The van der Waals surface area contributed by atoms with Gasteiger partial charge in [-0.25, -0.2) is 9.59 Å². The quantitative estimate of drug-likeness (QED) is 0.596. The Morgan fingerprint density at radius 3 is 2.59 bits per heavy atom. The number of nitrogens with one attached hydrogen (secondary N) is 2. The number of aromatic hydroxyl groups is 1. The predicted octanol–water partition coefficient (Wildman–Crippen LogP) is 1.37. The zero-order valence-corrected chi connectivity index (χ0v) is 8.93. The van der Waals surface area contributed by atoms with Crippen LogP contribution >= 0.6 is 0 Å². The molecule has 90 valence electrons. The van der Waals surface area contributed by atoms with Crippen molar-refractivity contribution in [3.05, 3.63) is 23.8 Å².